The van der Waals surface area contributed by atoms with E-state index in [1.807, 2.05) is 24.3 Å². The van der Waals surface area contributed by atoms with Gasteiger partial charge in [0, 0.05) is 26.1 Å². The largest absolute Gasteiger partial charge is 0.423 e. The third-order valence-electron chi connectivity index (χ3n) is 8.11. The molecule has 1 saturated carbocycles. The highest BCUT2D eigenvalue weighted by Crippen LogP contribution is 2.43. The average Bonchev–Trinajstić information content (AvgIpc) is 3.02. The predicted molar refractivity (Wildman–Crippen MR) is 164 cm³/mol. The first-order valence-electron chi connectivity index (χ1n) is 15.1. The van der Waals surface area contributed by atoms with E-state index >= 15 is 0 Å². The van der Waals surface area contributed by atoms with Crippen molar-refractivity contribution in [1.29, 1.82) is 0 Å². The summed E-state index contributed by atoms with van der Waals surface area (Å²) in [5, 5.41) is 0. The number of methoxy groups -OCH3 is 2. The fourth-order valence-electron chi connectivity index (χ4n) is 5.84. The van der Waals surface area contributed by atoms with E-state index in [0.29, 0.717) is 23.3 Å². The smallest absolute Gasteiger partial charge is 0.341 e. The molecule has 2 aromatic rings. The Morgan fingerprint density at radius 1 is 0.814 bits per heavy atom. The van der Waals surface area contributed by atoms with Crippen molar-refractivity contribution >= 4 is 11.9 Å². The van der Waals surface area contributed by atoms with Crippen LogP contribution in [0.4, 0.5) is 0 Å². The number of ether oxygens (including phenoxy) is 6. The third-order valence-corrected chi connectivity index (χ3v) is 8.11. The summed E-state index contributed by atoms with van der Waals surface area (Å²) in [5.41, 5.74) is 3.60. The molecule has 1 heterocycles. The molecule has 8 heteroatoms. The van der Waals surface area contributed by atoms with Gasteiger partial charge in [0.15, 0.2) is 6.29 Å². The van der Waals surface area contributed by atoms with Crippen LogP contribution in [0, 0.1) is 11.8 Å². The van der Waals surface area contributed by atoms with Crippen molar-refractivity contribution in [2.75, 3.05) is 40.6 Å². The molecular formula is C35H44O8. The van der Waals surface area contributed by atoms with Gasteiger partial charge in [-0.05, 0) is 79.0 Å². The maximum atomic E-state index is 12.6. The monoisotopic (exact) mass is 592 g/mol. The molecule has 232 valence electrons. The van der Waals surface area contributed by atoms with Crippen LogP contribution in [0.1, 0.15) is 56.9 Å². The molecule has 0 aromatic heterocycles. The van der Waals surface area contributed by atoms with E-state index in [4.69, 9.17) is 28.4 Å². The summed E-state index contributed by atoms with van der Waals surface area (Å²) < 4.78 is 33.4. The zero-order valence-electron chi connectivity index (χ0n) is 25.6. The van der Waals surface area contributed by atoms with Gasteiger partial charge < -0.3 is 28.4 Å². The van der Waals surface area contributed by atoms with Crippen LogP contribution in [0.15, 0.2) is 66.8 Å². The molecule has 0 bridgehead atoms. The zero-order chi connectivity index (χ0) is 30.8. The first-order chi connectivity index (χ1) is 20.8. The molecule has 43 heavy (non-hydrogen) atoms. The molecule has 0 radical (unpaired) electrons. The molecule has 0 spiro atoms. The molecule has 1 aliphatic carbocycles. The third kappa shape index (κ3) is 8.86. The molecule has 0 atom stereocenters. The lowest BCUT2D eigenvalue weighted by Gasteiger charge is -2.38. The van der Waals surface area contributed by atoms with Crippen LogP contribution in [-0.4, -0.2) is 58.9 Å². The molecule has 8 nitrogen and oxygen atoms in total. The quantitative estimate of drug-likeness (QED) is 0.145. The second-order valence-electron chi connectivity index (χ2n) is 11.4. The average molecular weight is 593 g/mol. The van der Waals surface area contributed by atoms with Crippen LogP contribution in [0.3, 0.4) is 0 Å². The molecule has 2 fully saturated rings. The van der Waals surface area contributed by atoms with Gasteiger partial charge in [0.1, 0.15) is 11.5 Å². The summed E-state index contributed by atoms with van der Waals surface area (Å²) in [6.07, 6.45) is 6.04. The summed E-state index contributed by atoms with van der Waals surface area (Å²) in [4.78, 5) is 24.8. The predicted octanol–water partition coefficient (Wildman–Crippen LogP) is 6.63. The van der Waals surface area contributed by atoms with Crippen LogP contribution in [0.2, 0.25) is 0 Å². The van der Waals surface area contributed by atoms with E-state index < -0.39 is 11.9 Å². The zero-order valence-corrected chi connectivity index (χ0v) is 25.6. The minimum atomic E-state index is -0.528. The number of esters is 2. The summed E-state index contributed by atoms with van der Waals surface area (Å²) in [6, 6.07) is 13.1. The van der Waals surface area contributed by atoms with E-state index in [2.05, 4.69) is 20.1 Å². The lowest BCUT2D eigenvalue weighted by Crippen LogP contribution is -2.38. The Morgan fingerprint density at radius 2 is 1.37 bits per heavy atom. The molecule has 1 aliphatic heterocycles. The minimum Gasteiger partial charge on any atom is -0.423 e. The van der Waals surface area contributed by atoms with E-state index in [1.54, 1.807) is 18.2 Å². The lowest BCUT2D eigenvalue weighted by atomic mass is 9.76. The number of hydrogen-bond donors (Lipinski definition) is 0. The lowest BCUT2D eigenvalue weighted by molar-refractivity contribution is -0.229. The van der Waals surface area contributed by atoms with Gasteiger partial charge in [0.2, 0.25) is 0 Å². The summed E-state index contributed by atoms with van der Waals surface area (Å²) in [7, 11) is 3.01. The van der Waals surface area contributed by atoms with Gasteiger partial charge in [0.05, 0.1) is 37.6 Å². The first-order valence-corrected chi connectivity index (χ1v) is 15.1. The number of hydrogen-bond acceptors (Lipinski definition) is 8. The van der Waals surface area contributed by atoms with Crippen molar-refractivity contribution in [3.63, 3.8) is 0 Å². The van der Waals surface area contributed by atoms with Gasteiger partial charge in [-0.15, -0.1) is 0 Å². The Kier molecular flexibility index (Phi) is 12.1. The summed E-state index contributed by atoms with van der Waals surface area (Å²) in [6.45, 7) is 11.4. The van der Waals surface area contributed by atoms with Crippen molar-refractivity contribution in [3.05, 3.63) is 72.3 Å². The highest BCUT2D eigenvalue weighted by atomic mass is 16.7. The minimum absolute atomic E-state index is 0.105. The van der Waals surface area contributed by atoms with Crippen molar-refractivity contribution in [1.82, 2.24) is 0 Å². The molecule has 2 aliphatic rings. The molecule has 0 N–H and O–H groups in total. The fourth-order valence-corrected chi connectivity index (χ4v) is 5.84. The highest BCUT2D eigenvalue weighted by Gasteiger charge is 2.33. The van der Waals surface area contributed by atoms with Gasteiger partial charge >= 0.3 is 11.9 Å². The fraction of sp³-hybridized carbons (Fsp3) is 0.486. The SMILES string of the molecule is C=C(COC)C(=O)Oc1ccc(-c2ccc(OC(=O)C(=C)COC)cc2C2CCC(C3OCC(CCC)CO3)CC2)cc1. The number of benzene rings is 2. The second-order valence-corrected chi connectivity index (χ2v) is 11.4. The van der Waals surface area contributed by atoms with Gasteiger partial charge in [-0.3, -0.25) is 0 Å². The Balaban J connectivity index is 1.51. The van der Waals surface area contributed by atoms with Crippen molar-refractivity contribution < 1.29 is 38.0 Å². The summed E-state index contributed by atoms with van der Waals surface area (Å²) >= 11 is 0. The number of carbonyl (C=O) groups excluding carboxylic acids is 2. The van der Waals surface area contributed by atoms with Crippen LogP contribution >= 0.6 is 0 Å². The maximum Gasteiger partial charge on any atom is 0.341 e. The Bertz CT molecular complexity index is 1250. The van der Waals surface area contributed by atoms with Crippen molar-refractivity contribution in [3.8, 4) is 22.6 Å². The normalized spacial score (nSPS) is 22.0. The van der Waals surface area contributed by atoms with Crippen LogP contribution in [-0.2, 0) is 28.5 Å². The van der Waals surface area contributed by atoms with E-state index in [1.165, 1.54) is 14.2 Å². The van der Waals surface area contributed by atoms with Crippen molar-refractivity contribution in [2.45, 2.75) is 57.7 Å². The standard InChI is InChI=1S/C35H44O8/c1-6-7-25-21-40-35(41-22-25)28-10-8-27(9-11-28)32-18-30(43-34(37)24(3)20-39-5)16-17-31(32)26-12-14-29(15-13-26)42-33(36)23(2)19-38-4/h12-18,25,27-28,35H,2-3,6-11,19-22H2,1,4-5H3. The first kappa shape index (κ1) is 32.6. The summed E-state index contributed by atoms with van der Waals surface area (Å²) in [5.74, 6) is 0.958. The molecular weight excluding hydrogens is 548 g/mol. The van der Waals surface area contributed by atoms with Crippen molar-refractivity contribution in [2.24, 2.45) is 11.8 Å². The molecule has 0 unspecified atom stereocenters. The molecule has 1 saturated heterocycles. The Labute approximate surface area is 254 Å². The Morgan fingerprint density at radius 3 is 1.93 bits per heavy atom. The number of carbonyl (C=O) groups is 2. The number of rotatable bonds is 13. The van der Waals surface area contributed by atoms with E-state index in [0.717, 1.165) is 68.4 Å². The van der Waals surface area contributed by atoms with Crippen LogP contribution in [0.25, 0.3) is 11.1 Å². The van der Waals surface area contributed by atoms with Crippen LogP contribution < -0.4 is 9.47 Å². The van der Waals surface area contributed by atoms with Crippen LogP contribution in [0.5, 0.6) is 11.5 Å². The van der Waals surface area contributed by atoms with Gasteiger partial charge in [-0.25, -0.2) is 9.59 Å². The maximum absolute atomic E-state index is 12.6. The van der Waals surface area contributed by atoms with E-state index in [-0.39, 0.29) is 36.6 Å². The van der Waals surface area contributed by atoms with Gasteiger partial charge in [-0.1, -0.05) is 44.7 Å². The molecule has 2 aromatic carbocycles. The topological polar surface area (TPSA) is 89.5 Å². The molecule has 0 amide bonds. The highest BCUT2D eigenvalue weighted by molar-refractivity contribution is 5.90. The second kappa shape index (κ2) is 16.0. The van der Waals surface area contributed by atoms with Gasteiger partial charge in [0.25, 0.3) is 0 Å². The van der Waals surface area contributed by atoms with Gasteiger partial charge in [-0.2, -0.15) is 0 Å². The molecule has 4 rings (SSSR count). The van der Waals surface area contributed by atoms with E-state index in [9.17, 15) is 9.59 Å². The Hall–Kier alpha value is -3.30.